The molecule has 0 aromatic heterocycles. The van der Waals surface area contributed by atoms with E-state index in [9.17, 15) is 0 Å². The molecule has 0 unspecified atom stereocenters. The first-order valence-corrected chi connectivity index (χ1v) is 6.04. The summed E-state index contributed by atoms with van der Waals surface area (Å²) in [4.78, 5) is 0.993. The molecule has 0 aliphatic rings. The van der Waals surface area contributed by atoms with Crippen molar-refractivity contribution in [3.05, 3.63) is 35.9 Å². The van der Waals surface area contributed by atoms with Crippen molar-refractivity contribution in [1.82, 2.24) is 5.32 Å². The molecule has 1 nitrogen and oxygen atoms in total. The van der Waals surface area contributed by atoms with Gasteiger partial charge in [0.15, 0.2) is 0 Å². The Bertz CT molecular complexity index is 282. The normalized spacial score (nSPS) is 9.93. The van der Waals surface area contributed by atoms with E-state index >= 15 is 0 Å². The first-order chi connectivity index (χ1) is 7.33. The van der Waals surface area contributed by atoms with Gasteiger partial charge in [-0.15, -0.1) is 0 Å². The number of benzene rings is 1. The fourth-order valence-electron chi connectivity index (χ4n) is 1.40. The van der Waals surface area contributed by atoms with Crippen molar-refractivity contribution in [3.8, 4) is 0 Å². The van der Waals surface area contributed by atoms with Gasteiger partial charge in [-0.1, -0.05) is 55.9 Å². The van der Waals surface area contributed by atoms with Crippen LogP contribution in [0.2, 0.25) is 0 Å². The molecule has 0 bridgehead atoms. The van der Waals surface area contributed by atoms with Crippen molar-refractivity contribution in [3.63, 3.8) is 0 Å². The molecule has 0 aliphatic carbocycles. The predicted molar refractivity (Wildman–Crippen MR) is 70.3 cm³/mol. The Balaban J connectivity index is 2.17. The number of thiocarbonyl (C=S) groups is 1. The highest BCUT2D eigenvalue weighted by Gasteiger charge is 1.96. The molecule has 0 radical (unpaired) electrons. The standard InChI is InChI=1S/C13H19NS/c1-2-3-11-14-13(15)10-9-12-7-5-4-6-8-12/h4-8H,2-3,9-11H2,1H3,(H,14,15). The van der Waals surface area contributed by atoms with Gasteiger partial charge in [0.1, 0.15) is 0 Å². The van der Waals surface area contributed by atoms with Crippen LogP contribution >= 0.6 is 12.2 Å². The highest BCUT2D eigenvalue weighted by Crippen LogP contribution is 2.02. The summed E-state index contributed by atoms with van der Waals surface area (Å²) in [6.45, 7) is 3.21. The van der Waals surface area contributed by atoms with Gasteiger partial charge in [-0.2, -0.15) is 0 Å². The van der Waals surface area contributed by atoms with Gasteiger partial charge in [0, 0.05) is 13.0 Å². The van der Waals surface area contributed by atoms with E-state index < -0.39 is 0 Å². The first-order valence-electron chi connectivity index (χ1n) is 5.63. The maximum absolute atomic E-state index is 5.26. The summed E-state index contributed by atoms with van der Waals surface area (Å²) in [6, 6.07) is 10.5. The fourth-order valence-corrected chi connectivity index (χ4v) is 1.60. The van der Waals surface area contributed by atoms with Crippen molar-refractivity contribution in [1.29, 1.82) is 0 Å². The summed E-state index contributed by atoms with van der Waals surface area (Å²) in [5, 5.41) is 3.29. The Morgan fingerprint density at radius 2 is 2.00 bits per heavy atom. The highest BCUT2D eigenvalue weighted by atomic mass is 32.1. The number of nitrogens with one attached hydrogen (secondary N) is 1. The highest BCUT2D eigenvalue weighted by molar-refractivity contribution is 7.80. The Kier molecular flexibility index (Phi) is 6.02. The van der Waals surface area contributed by atoms with Crippen LogP contribution in [0.3, 0.4) is 0 Å². The minimum atomic E-state index is 0.961. The van der Waals surface area contributed by atoms with Gasteiger partial charge in [-0.25, -0.2) is 0 Å². The zero-order valence-corrected chi connectivity index (χ0v) is 10.1. The van der Waals surface area contributed by atoms with Crippen molar-refractivity contribution in [2.75, 3.05) is 6.54 Å². The summed E-state index contributed by atoms with van der Waals surface area (Å²) in [6.07, 6.45) is 4.42. The molecule has 0 atom stereocenters. The predicted octanol–water partition coefficient (Wildman–Crippen LogP) is 3.34. The summed E-state index contributed by atoms with van der Waals surface area (Å²) >= 11 is 5.26. The SMILES string of the molecule is CCCCNC(=S)CCc1ccccc1. The van der Waals surface area contributed by atoms with E-state index in [0.717, 1.165) is 24.4 Å². The molecule has 0 saturated carbocycles. The lowest BCUT2D eigenvalue weighted by Gasteiger charge is -2.06. The summed E-state index contributed by atoms with van der Waals surface area (Å²) in [5.41, 5.74) is 1.36. The second kappa shape index (κ2) is 7.41. The molecule has 0 heterocycles. The fraction of sp³-hybridized carbons (Fsp3) is 0.462. The molecule has 0 spiro atoms. The molecule has 1 N–H and O–H groups in total. The van der Waals surface area contributed by atoms with Crippen molar-refractivity contribution in [2.45, 2.75) is 32.6 Å². The summed E-state index contributed by atoms with van der Waals surface area (Å²) in [5.74, 6) is 0. The largest absolute Gasteiger partial charge is 0.380 e. The number of hydrogen-bond donors (Lipinski definition) is 1. The van der Waals surface area contributed by atoms with Crippen LogP contribution in [-0.2, 0) is 6.42 Å². The number of unbranched alkanes of at least 4 members (excludes halogenated alkanes) is 1. The van der Waals surface area contributed by atoms with E-state index in [-0.39, 0.29) is 0 Å². The molecular formula is C13H19NS. The quantitative estimate of drug-likeness (QED) is 0.584. The van der Waals surface area contributed by atoms with E-state index in [1.165, 1.54) is 18.4 Å². The molecule has 1 aromatic rings. The lowest BCUT2D eigenvalue weighted by atomic mass is 10.1. The number of rotatable bonds is 6. The second-order valence-electron chi connectivity index (χ2n) is 3.69. The molecule has 0 aliphatic heterocycles. The smallest absolute Gasteiger partial charge is 0.0756 e. The van der Waals surface area contributed by atoms with E-state index in [0.29, 0.717) is 0 Å². The topological polar surface area (TPSA) is 12.0 Å². The van der Waals surface area contributed by atoms with Crippen LogP contribution in [0.5, 0.6) is 0 Å². The lowest BCUT2D eigenvalue weighted by Crippen LogP contribution is -2.22. The van der Waals surface area contributed by atoms with Gasteiger partial charge >= 0.3 is 0 Å². The van der Waals surface area contributed by atoms with Crippen LogP contribution < -0.4 is 5.32 Å². The van der Waals surface area contributed by atoms with Gasteiger partial charge in [0.2, 0.25) is 0 Å². The molecule has 0 amide bonds. The average Bonchev–Trinajstić information content (AvgIpc) is 2.28. The molecule has 82 valence electrons. The average molecular weight is 221 g/mol. The summed E-state index contributed by atoms with van der Waals surface area (Å²) < 4.78 is 0. The Morgan fingerprint density at radius 3 is 2.67 bits per heavy atom. The molecule has 0 saturated heterocycles. The third kappa shape index (κ3) is 5.53. The van der Waals surface area contributed by atoms with Gasteiger partial charge in [0.25, 0.3) is 0 Å². The first kappa shape index (κ1) is 12.2. The lowest BCUT2D eigenvalue weighted by molar-refractivity contribution is 0.750. The molecular weight excluding hydrogens is 202 g/mol. The van der Waals surface area contributed by atoms with E-state index in [1.807, 2.05) is 6.07 Å². The van der Waals surface area contributed by atoms with E-state index in [4.69, 9.17) is 12.2 Å². The maximum atomic E-state index is 5.26. The minimum absolute atomic E-state index is 0.961. The molecule has 1 aromatic carbocycles. The van der Waals surface area contributed by atoms with Crippen LogP contribution in [0.1, 0.15) is 31.7 Å². The van der Waals surface area contributed by atoms with Gasteiger partial charge in [-0.05, 0) is 18.4 Å². The molecule has 1 rings (SSSR count). The Labute approximate surface area is 97.9 Å². The zero-order chi connectivity index (χ0) is 10.9. The van der Waals surface area contributed by atoms with Crippen LogP contribution in [0, 0.1) is 0 Å². The van der Waals surface area contributed by atoms with Crippen LogP contribution in [0.4, 0.5) is 0 Å². The Morgan fingerprint density at radius 1 is 1.27 bits per heavy atom. The van der Waals surface area contributed by atoms with Crippen LogP contribution in [0.15, 0.2) is 30.3 Å². The van der Waals surface area contributed by atoms with E-state index in [1.54, 1.807) is 0 Å². The van der Waals surface area contributed by atoms with Gasteiger partial charge in [-0.3, -0.25) is 0 Å². The van der Waals surface area contributed by atoms with Crippen LogP contribution in [0.25, 0.3) is 0 Å². The van der Waals surface area contributed by atoms with E-state index in [2.05, 4.69) is 36.5 Å². The Hall–Kier alpha value is -0.890. The number of aryl methyl sites for hydroxylation is 1. The third-order valence-electron chi connectivity index (χ3n) is 2.34. The van der Waals surface area contributed by atoms with Gasteiger partial charge in [0.05, 0.1) is 4.99 Å². The van der Waals surface area contributed by atoms with Crippen molar-refractivity contribution in [2.24, 2.45) is 0 Å². The van der Waals surface area contributed by atoms with Crippen molar-refractivity contribution < 1.29 is 0 Å². The molecule has 0 fully saturated rings. The van der Waals surface area contributed by atoms with Gasteiger partial charge < -0.3 is 5.32 Å². The summed E-state index contributed by atoms with van der Waals surface area (Å²) in [7, 11) is 0. The zero-order valence-electron chi connectivity index (χ0n) is 9.33. The molecule has 15 heavy (non-hydrogen) atoms. The van der Waals surface area contributed by atoms with Crippen molar-refractivity contribution >= 4 is 17.2 Å². The maximum Gasteiger partial charge on any atom is 0.0756 e. The van der Waals surface area contributed by atoms with Crippen LogP contribution in [-0.4, -0.2) is 11.5 Å². The molecule has 2 heteroatoms. The minimum Gasteiger partial charge on any atom is -0.380 e. The monoisotopic (exact) mass is 221 g/mol. The second-order valence-corrected chi connectivity index (χ2v) is 4.18. The third-order valence-corrected chi connectivity index (χ3v) is 2.68. The number of hydrogen-bond acceptors (Lipinski definition) is 1.